The van der Waals surface area contributed by atoms with Crippen LogP contribution in [0, 0.1) is 5.92 Å². The van der Waals surface area contributed by atoms with Gasteiger partial charge in [-0.05, 0) is 35.7 Å². The molecule has 2 unspecified atom stereocenters. The Morgan fingerprint density at radius 2 is 1.70 bits per heavy atom. The van der Waals surface area contributed by atoms with E-state index < -0.39 is 6.04 Å². The maximum Gasteiger partial charge on any atom is 0.251 e. The van der Waals surface area contributed by atoms with E-state index in [4.69, 9.17) is 0 Å². The zero-order valence-electron chi connectivity index (χ0n) is 17.8. The Balaban J connectivity index is 1.58. The molecule has 5 nitrogen and oxygen atoms in total. The Kier molecular flexibility index (Phi) is 8.20. The van der Waals surface area contributed by atoms with E-state index in [-0.39, 0.29) is 17.7 Å². The van der Waals surface area contributed by atoms with Gasteiger partial charge in [0.25, 0.3) is 5.91 Å². The van der Waals surface area contributed by atoms with Crippen LogP contribution in [0.3, 0.4) is 0 Å². The van der Waals surface area contributed by atoms with Gasteiger partial charge in [-0.15, -0.1) is 0 Å². The monoisotopic (exact) mass is 425 g/mol. The molecular formula is C24H31N3O2S. The maximum absolute atomic E-state index is 12.9. The van der Waals surface area contributed by atoms with Gasteiger partial charge < -0.3 is 15.5 Å². The first-order valence-corrected chi connectivity index (χ1v) is 11.8. The summed E-state index contributed by atoms with van der Waals surface area (Å²) in [6.45, 7) is 6.62. The predicted molar refractivity (Wildman–Crippen MR) is 125 cm³/mol. The number of anilines is 1. The molecule has 0 aromatic heterocycles. The highest BCUT2D eigenvalue weighted by Gasteiger charge is 2.26. The molecule has 2 atom stereocenters. The molecule has 1 saturated heterocycles. The summed E-state index contributed by atoms with van der Waals surface area (Å²) >= 11 is 2.00. The normalized spacial score (nSPS) is 15.9. The number of rotatable bonds is 8. The van der Waals surface area contributed by atoms with Gasteiger partial charge in [0, 0.05) is 42.4 Å². The molecule has 1 heterocycles. The van der Waals surface area contributed by atoms with Crippen LogP contribution < -0.4 is 15.5 Å². The molecule has 3 rings (SSSR count). The van der Waals surface area contributed by atoms with Crippen molar-refractivity contribution in [1.29, 1.82) is 0 Å². The van der Waals surface area contributed by atoms with E-state index in [1.54, 1.807) is 12.1 Å². The van der Waals surface area contributed by atoms with Crippen molar-refractivity contribution in [3.8, 4) is 0 Å². The first kappa shape index (κ1) is 22.2. The van der Waals surface area contributed by atoms with Crippen LogP contribution in [0.4, 0.5) is 5.69 Å². The molecular weight excluding hydrogens is 394 g/mol. The number of hydrogen-bond acceptors (Lipinski definition) is 4. The van der Waals surface area contributed by atoms with Gasteiger partial charge in [0.05, 0.1) is 0 Å². The third-order valence-electron chi connectivity index (χ3n) is 5.60. The molecule has 1 fully saturated rings. The average molecular weight is 426 g/mol. The minimum absolute atomic E-state index is 0.0389. The van der Waals surface area contributed by atoms with E-state index >= 15 is 0 Å². The number of amides is 2. The van der Waals surface area contributed by atoms with Crippen LogP contribution in [-0.4, -0.2) is 42.5 Å². The lowest BCUT2D eigenvalue weighted by atomic mass is 9.97. The quantitative estimate of drug-likeness (QED) is 0.677. The van der Waals surface area contributed by atoms with E-state index in [2.05, 4.69) is 39.8 Å². The van der Waals surface area contributed by atoms with Crippen LogP contribution in [0.5, 0.6) is 0 Å². The van der Waals surface area contributed by atoms with Crippen LogP contribution in [0.15, 0.2) is 54.6 Å². The summed E-state index contributed by atoms with van der Waals surface area (Å²) in [4.78, 5) is 27.8. The standard InChI is InChI=1S/C24H31N3O2S/c1-3-18(2)22(26-23(28)20-7-5-4-6-8-20)24(29)25-17-19-9-11-21(12-10-19)27-13-15-30-16-14-27/h4-12,18,22H,3,13-17H2,1-2H3,(H,25,29)(H,26,28). The van der Waals surface area contributed by atoms with Crippen LogP contribution >= 0.6 is 11.8 Å². The highest BCUT2D eigenvalue weighted by atomic mass is 32.2. The van der Waals surface area contributed by atoms with Gasteiger partial charge in [-0.25, -0.2) is 0 Å². The molecule has 1 aliphatic heterocycles. The largest absolute Gasteiger partial charge is 0.370 e. The van der Waals surface area contributed by atoms with Crippen molar-refractivity contribution in [3.05, 3.63) is 65.7 Å². The molecule has 0 spiro atoms. The Morgan fingerprint density at radius 3 is 2.33 bits per heavy atom. The molecule has 2 aromatic rings. The van der Waals surface area contributed by atoms with Gasteiger partial charge in [-0.2, -0.15) is 11.8 Å². The van der Waals surface area contributed by atoms with Gasteiger partial charge in [-0.3, -0.25) is 9.59 Å². The van der Waals surface area contributed by atoms with Crippen LogP contribution in [0.1, 0.15) is 36.2 Å². The number of nitrogens with zero attached hydrogens (tertiary/aromatic N) is 1. The van der Waals surface area contributed by atoms with E-state index in [9.17, 15) is 9.59 Å². The third-order valence-corrected chi connectivity index (χ3v) is 6.54. The molecule has 0 radical (unpaired) electrons. The van der Waals surface area contributed by atoms with Gasteiger partial charge in [0.1, 0.15) is 6.04 Å². The first-order valence-electron chi connectivity index (χ1n) is 10.6. The van der Waals surface area contributed by atoms with Crippen molar-refractivity contribution in [1.82, 2.24) is 10.6 Å². The second kappa shape index (κ2) is 11.1. The van der Waals surface area contributed by atoms with Crippen molar-refractivity contribution in [3.63, 3.8) is 0 Å². The fourth-order valence-corrected chi connectivity index (χ4v) is 4.36. The molecule has 0 aliphatic carbocycles. The molecule has 30 heavy (non-hydrogen) atoms. The first-order chi connectivity index (χ1) is 14.6. The summed E-state index contributed by atoms with van der Waals surface area (Å²) in [6.07, 6.45) is 0.802. The molecule has 0 bridgehead atoms. The van der Waals surface area contributed by atoms with Crippen LogP contribution in [0.25, 0.3) is 0 Å². The molecule has 2 N–H and O–H groups in total. The van der Waals surface area contributed by atoms with E-state index in [0.29, 0.717) is 12.1 Å². The lowest BCUT2D eigenvalue weighted by molar-refractivity contribution is -0.124. The van der Waals surface area contributed by atoms with Crippen molar-refractivity contribution in [2.45, 2.75) is 32.9 Å². The van der Waals surface area contributed by atoms with Crippen molar-refractivity contribution in [2.75, 3.05) is 29.5 Å². The van der Waals surface area contributed by atoms with Gasteiger partial charge in [-0.1, -0.05) is 50.6 Å². The summed E-state index contributed by atoms with van der Waals surface area (Å²) in [7, 11) is 0. The van der Waals surface area contributed by atoms with Crippen LogP contribution in [0.2, 0.25) is 0 Å². The molecule has 6 heteroatoms. The SMILES string of the molecule is CCC(C)C(NC(=O)c1ccccc1)C(=O)NCc1ccc(N2CCSCC2)cc1. The number of thioether (sulfide) groups is 1. The van der Waals surface area contributed by atoms with E-state index in [0.717, 1.165) is 25.1 Å². The Morgan fingerprint density at radius 1 is 1.03 bits per heavy atom. The Hall–Kier alpha value is -2.47. The van der Waals surface area contributed by atoms with E-state index in [1.807, 2.05) is 43.8 Å². The molecule has 2 amide bonds. The topological polar surface area (TPSA) is 61.4 Å². The number of nitrogens with one attached hydrogen (secondary N) is 2. The van der Waals surface area contributed by atoms with Gasteiger partial charge in [0.2, 0.25) is 5.91 Å². The van der Waals surface area contributed by atoms with Gasteiger partial charge in [0.15, 0.2) is 0 Å². The molecule has 1 aliphatic rings. The summed E-state index contributed by atoms with van der Waals surface area (Å²) < 4.78 is 0. The second-order valence-electron chi connectivity index (χ2n) is 7.69. The summed E-state index contributed by atoms with van der Waals surface area (Å²) in [5.74, 6) is 2.01. The maximum atomic E-state index is 12.9. The second-order valence-corrected chi connectivity index (χ2v) is 8.91. The lowest BCUT2D eigenvalue weighted by Gasteiger charge is -2.28. The fourth-order valence-electron chi connectivity index (χ4n) is 3.46. The molecule has 2 aromatic carbocycles. The van der Waals surface area contributed by atoms with Crippen molar-refractivity contribution >= 4 is 29.3 Å². The van der Waals surface area contributed by atoms with Crippen LogP contribution in [-0.2, 0) is 11.3 Å². The zero-order chi connectivity index (χ0) is 21.3. The van der Waals surface area contributed by atoms with Crippen molar-refractivity contribution < 1.29 is 9.59 Å². The molecule has 160 valence electrons. The number of benzene rings is 2. The zero-order valence-corrected chi connectivity index (χ0v) is 18.6. The van der Waals surface area contributed by atoms with Crippen molar-refractivity contribution in [2.24, 2.45) is 5.92 Å². The summed E-state index contributed by atoms with van der Waals surface area (Å²) in [5, 5.41) is 5.91. The number of carbonyl (C=O) groups excluding carboxylic acids is 2. The fraction of sp³-hybridized carbons (Fsp3) is 0.417. The Labute approximate surface area is 183 Å². The highest BCUT2D eigenvalue weighted by molar-refractivity contribution is 7.99. The predicted octanol–water partition coefficient (Wildman–Crippen LogP) is 3.70. The molecule has 0 saturated carbocycles. The smallest absolute Gasteiger partial charge is 0.251 e. The third kappa shape index (κ3) is 6.02. The minimum Gasteiger partial charge on any atom is -0.370 e. The average Bonchev–Trinajstić information content (AvgIpc) is 2.81. The highest BCUT2D eigenvalue weighted by Crippen LogP contribution is 2.20. The summed E-state index contributed by atoms with van der Waals surface area (Å²) in [6, 6.07) is 16.8. The van der Waals surface area contributed by atoms with Gasteiger partial charge >= 0.3 is 0 Å². The Bertz CT molecular complexity index is 820. The summed E-state index contributed by atoms with van der Waals surface area (Å²) in [5.41, 5.74) is 2.85. The number of carbonyl (C=O) groups is 2. The lowest BCUT2D eigenvalue weighted by Crippen LogP contribution is -2.50. The number of hydrogen-bond donors (Lipinski definition) is 2. The minimum atomic E-state index is -0.562. The van der Waals surface area contributed by atoms with E-state index in [1.165, 1.54) is 17.2 Å².